The van der Waals surface area contributed by atoms with Gasteiger partial charge in [-0.1, -0.05) is 0 Å². The van der Waals surface area contributed by atoms with Crippen LogP contribution in [-0.2, 0) is 13.5 Å². The molecule has 0 fully saturated rings. The number of rotatable bonds is 4. The summed E-state index contributed by atoms with van der Waals surface area (Å²) < 4.78 is 15.9. The van der Waals surface area contributed by atoms with Crippen LogP contribution in [0.3, 0.4) is 0 Å². The molecule has 1 N–H and O–H groups in total. The van der Waals surface area contributed by atoms with Gasteiger partial charge in [-0.2, -0.15) is 5.10 Å². The molecule has 20 heavy (non-hydrogen) atoms. The summed E-state index contributed by atoms with van der Waals surface area (Å²) in [5.41, 5.74) is 1.11. The number of aliphatic hydroxyl groups is 1. The van der Waals surface area contributed by atoms with E-state index in [1.807, 2.05) is 25.5 Å². The SMILES string of the molecule is Cn1cc(CCC(O)c2cc3cc(F)ccc3s2)cn1. The fourth-order valence-electron chi connectivity index (χ4n) is 2.25. The average Bonchev–Trinajstić information content (AvgIpc) is 3.01. The van der Waals surface area contributed by atoms with Gasteiger partial charge in [0.2, 0.25) is 0 Å². The number of aromatic nitrogens is 2. The third-order valence-corrected chi connectivity index (χ3v) is 4.51. The molecule has 0 aliphatic heterocycles. The van der Waals surface area contributed by atoms with Gasteiger partial charge in [0.15, 0.2) is 0 Å². The highest BCUT2D eigenvalue weighted by atomic mass is 32.1. The van der Waals surface area contributed by atoms with Crippen LogP contribution >= 0.6 is 11.3 Å². The first-order chi connectivity index (χ1) is 9.61. The van der Waals surface area contributed by atoms with Crippen molar-refractivity contribution in [2.24, 2.45) is 7.05 Å². The van der Waals surface area contributed by atoms with Gasteiger partial charge in [0.25, 0.3) is 0 Å². The smallest absolute Gasteiger partial charge is 0.123 e. The fraction of sp³-hybridized carbons (Fsp3) is 0.267. The summed E-state index contributed by atoms with van der Waals surface area (Å²) in [7, 11) is 1.88. The molecule has 0 radical (unpaired) electrons. The van der Waals surface area contributed by atoms with Gasteiger partial charge >= 0.3 is 0 Å². The van der Waals surface area contributed by atoms with Crippen LogP contribution < -0.4 is 0 Å². The molecule has 1 aromatic carbocycles. The molecular formula is C15H15FN2OS. The molecule has 104 valence electrons. The Labute approximate surface area is 120 Å². The van der Waals surface area contributed by atoms with E-state index in [0.29, 0.717) is 6.42 Å². The van der Waals surface area contributed by atoms with Gasteiger partial charge in [-0.15, -0.1) is 11.3 Å². The quantitative estimate of drug-likeness (QED) is 0.799. The molecule has 3 nitrogen and oxygen atoms in total. The predicted molar refractivity (Wildman–Crippen MR) is 78.3 cm³/mol. The highest BCUT2D eigenvalue weighted by molar-refractivity contribution is 7.19. The Morgan fingerprint density at radius 1 is 1.40 bits per heavy atom. The zero-order chi connectivity index (χ0) is 14.1. The molecule has 2 heterocycles. The molecule has 0 spiro atoms. The summed E-state index contributed by atoms with van der Waals surface area (Å²) in [6.45, 7) is 0. The van der Waals surface area contributed by atoms with E-state index in [9.17, 15) is 9.50 Å². The summed E-state index contributed by atoms with van der Waals surface area (Å²) in [6.07, 6.45) is 4.66. The van der Waals surface area contributed by atoms with Crippen molar-refractivity contribution < 1.29 is 9.50 Å². The molecule has 0 amide bonds. The lowest BCUT2D eigenvalue weighted by molar-refractivity contribution is 0.171. The molecule has 5 heteroatoms. The summed E-state index contributed by atoms with van der Waals surface area (Å²) in [5, 5.41) is 15.2. The van der Waals surface area contributed by atoms with Crippen molar-refractivity contribution in [2.45, 2.75) is 18.9 Å². The fourth-order valence-corrected chi connectivity index (χ4v) is 3.31. The van der Waals surface area contributed by atoms with E-state index >= 15 is 0 Å². The van der Waals surface area contributed by atoms with Gasteiger partial charge < -0.3 is 5.11 Å². The number of hydrogen-bond donors (Lipinski definition) is 1. The third-order valence-electron chi connectivity index (χ3n) is 3.29. The van der Waals surface area contributed by atoms with Crippen molar-refractivity contribution in [2.75, 3.05) is 0 Å². The first-order valence-electron chi connectivity index (χ1n) is 6.46. The van der Waals surface area contributed by atoms with E-state index in [1.165, 1.54) is 23.5 Å². The first kappa shape index (κ1) is 13.3. The van der Waals surface area contributed by atoms with Gasteiger partial charge in [0.1, 0.15) is 5.82 Å². The zero-order valence-electron chi connectivity index (χ0n) is 11.1. The van der Waals surface area contributed by atoms with Crippen LogP contribution in [0.2, 0.25) is 0 Å². The molecule has 0 aliphatic rings. The molecule has 2 aromatic heterocycles. The van der Waals surface area contributed by atoms with Gasteiger partial charge in [-0.05, 0) is 48.1 Å². The minimum Gasteiger partial charge on any atom is -0.388 e. The first-order valence-corrected chi connectivity index (χ1v) is 7.28. The second kappa shape index (κ2) is 5.34. The molecule has 1 unspecified atom stereocenters. The van der Waals surface area contributed by atoms with Crippen LogP contribution in [0.4, 0.5) is 4.39 Å². The van der Waals surface area contributed by atoms with Gasteiger partial charge in [-0.3, -0.25) is 4.68 Å². The second-order valence-electron chi connectivity index (χ2n) is 4.91. The highest BCUT2D eigenvalue weighted by Crippen LogP contribution is 2.32. The molecule has 0 bridgehead atoms. The zero-order valence-corrected chi connectivity index (χ0v) is 11.9. The number of thiophene rings is 1. The van der Waals surface area contributed by atoms with E-state index in [0.717, 1.165) is 26.9 Å². The Bertz CT molecular complexity index is 734. The van der Waals surface area contributed by atoms with Crippen molar-refractivity contribution >= 4 is 21.4 Å². The Balaban J connectivity index is 1.73. The Morgan fingerprint density at radius 3 is 3.00 bits per heavy atom. The monoisotopic (exact) mass is 290 g/mol. The van der Waals surface area contributed by atoms with Crippen LogP contribution in [0.5, 0.6) is 0 Å². The van der Waals surface area contributed by atoms with Crippen LogP contribution in [0.25, 0.3) is 10.1 Å². The standard InChI is InChI=1S/C15H15FN2OS/c1-18-9-10(8-17-18)2-4-13(19)15-7-11-6-12(16)3-5-14(11)20-15/h3,5-9,13,19H,2,4H2,1H3. The molecule has 0 aliphatic carbocycles. The summed E-state index contributed by atoms with van der Waals surface area (Å²) in [5.74, 6) is -0.244. The molecule has 3 aromatic rings. The Kier molecular flexibility index (Phi) is 3.54. The Morgan fingerprint density at radius 2 is 2.25 bits per heavy atom. The largest absolute Gasteiger partial charge is 0.388 e. The van der Waals surface area contributed by atoms with Crippen LogP contribution in [0, 0.1) is 5.82 Å². The minimum atomic E-state index is -0.518. The molecule has 0 saturated carbocycles. The van der Waals surface area contributed by atoms with Crippen molar-refractivity contribution in [1.82, 2.24) is 9.78 Å². The number of benzene rings is 1. The lowest BCUT2D eigenvalue weighted by atomic mass is 10.1. The van der Waals surface area contributed by atoms with Crippen molar-refractivity contribution in [1.29, 1.82) is 0 Å². The maximum atomic E-state index is 13.2. The highest BCUT2D eigenvalue weighted by Gasteiger charge is 2.12. The predicted octanol–water partition coefficient (Wildman–Crippen LogP) is 3.44. The maximum absolute atomic E-state index is 13.2. The lowest BCUT2D eigenvalue weighted by Crippen LogP contribution is -1.96. The summed E-state index contributed by atoms with van der Waals surface area (Å²) >= 11 is 1.52. The Hall–Kier alpha value is -1.72. The lowest BCUT2D eigenvalue weighted by Gasteiger charge is -2.06. The maximum Gasteiger partial charge on any atom is 0.123 e. The van der Waals surface area contributed by atoms with Crippen molar-refractivity contribution in [3.8, 4) is 0 Å². The number of aliphatic hydroxyl groups excluding tert-OH is 1. The van der Waals surface area contributed by atoms with E-state index in [-0.39, 0.29) is 5.82 Å². The van der Waals surface area contributed by atoms with E-state index in [4.69, 9.17) is 0 Å². The molecule has 3 rings (SSSR count). The van der Waals surface area contributed by atoms with E-state index < -0.39 is 6.10 Å². The van der Waals surface area contributed by atoms with Gasteiger partial charge in [0.05, 0.1) is 12.3 Å². The number of aryl methyl sites for hydroxylation is 2. The average molecular weight is 290 g/mol. The number of hydrogen-bond acceptors (Lipinski definition) is 3. The van der Waals surface area contributed by atoms with Crippen molar-refractivity contribution in [3.63, 3.8) is 0 Å². The molecule has 0 saturated heterocycles. The molecule has 1 atom stereocenters. The van der Waals surface area contributed by atoms with Crippen LogP contribution in [0.15, 0.2) is 36.7 Å². The number of fused-ring (bicyclic) bond motifs is 1. The normalized spacial score (nSPS) is 12.9. The van der Waals surface area contributed by atoms with Crippen LogP contribution in [-0.4, -0.2) is 14.9 Å². The van der Waals surface area contributed by atoms with E-state index in [2.05, 4.69) is 5.10 Å². The van der Waals surface area contributed by atoms with Crippen LogP contribution in [0.1, 0.15) is 23.0 Å². The molecular weight excluding hydrogens is 275 g/mol. The second-order valence-corrected chi connectivity index (χ2v) is 6.02. The topological polar surface area (TPSA) is 38.0 Å². The number of nitrogens with zero attached hydrogens (tertiary/aromatic N) is 2. The van der Waals surface area contributed by atoms with E-state index in [1.54, 1.807) is 10.7 Å². The van der Waals surface area contributed by atoms with Gasteiger partial charge in [0, 0.05) is 22.8 Å². The van der Waals surface area contributed by atoms with Gasteiger partial charge in [-0.25, -0.2) is 4.39 Å². The summed E-state index contributed by atoms with van der Waals surface area (Å²) in [4.78, 5) is 0.884. The number of halogens is 1. The summed E-state index contributed by atoms with van der Waals surface area (Å²) in [6, 6.07) is 6.58. The third kappa shape index (κ3) is 2.73. The minimum absolute atomic E-state index is 0.244. The van der Waals surface area contributed by atoms with Crippen molar-refractivity contribution in [3.05, 3.63) is 52.9 Å².